The predicted octanol–water partition coefficient (Wildman–Crippen LogP) is 11.4. The minimum Gasteiger partial charge on any atom is -0.479 e. The van der Waals surface area contributed by atoms with Gasteiger partial charge < -0.3 is 14.4 Å². The summed E-state index contributed by atoms with van der Waals surface area (Å²) in [5.41, 5.74) is -1.16. The summed E-state index contributed by atoms with van der Waals surface area (Å²) in [5, 5.41) is 0. The molecule has 0 saturated heterocycles. The standard InChI is InChI=1S/C34H55O4PS2.Zn/c1-5-7-9-11-13-15-17-23-31-25-19-21-27-33(31)36-29(3)38-39(35,40)41-30(4)37-34-28-22-20-26-32(34)24-18-16-14-12-10-8-6-2;/h19-22,25-30H,5-18,23-24H2,1-4H3,(H,35,40);. The number of rotatable bonds is 24. The van der Waals surface area contributed by atoms with Gasteiger partial charge in [0.25, 0.3) is 5.69 Å². The van der Waals surface area contributed by atoms with Crippen molar-refractivity contribution in [3.63, 3.8) is 0 Å². The van der Waals surface area contributed by atoms with Gasteiger partial charge in [0.15, 0.2) is 0 Å². The number of hydrogen-bond donors (Lipinski definition) is 1. The number of aryl methyl sites for hydroxylation is 2. The zero-order chi connectivity index (χ0) is 29.8. The van der Waals surface area contributed by atoms with Gasteiger partial charge in [0.1, 0.15) is 16.9 Å². The summed E-state index contributed by atoms with van der Waals surface area (Å²) in [6.45, 7) is 8.22. The van der Waals surface area contributed by atoms with Crippen molar-refractivity contribution in [2.75, 3.05) is 0 Å². The van der Waals surface area contributed by atoms with Crippen molar-refractivity contribution < 1.29 is 38.4 Å². The first-order chi connectivity index (χ1) is 19.8. The normalized spacial score (nSPS) is 14.0. The monoisotopic (exact) mass is 686 g/mol. The van der Waals surface area contributed by atoms with Crippen molar-refractivity contribution in [2.45, 2.75) is 142 Å². The molecule has 3 unspecified atom stereocenters. The van der Waals surface area contributed by atoms with Crippen molar-refractivity contribution in [2.24, 2.45) is 0 Å². The maximum Gasteiger partial charge on any atom is 0.251 e. The molecule has 2 aromatic rings. The van der Waals surface area contributed by atoms with Gasteiger partial charge >= 0.3 is 0 Å². The molecule has 0 amide bonds. The first-order valence-electron chi connectivity index (χ1n) is 16.0. The molecule has 0 spiro atoms. The van der Waals surface area contributed by atoms with E-state index in [1.807, 2.05) is 37.3 Å². The Morgan fingerprint density at radius 3 is 1.55 bits per heavy atom. The fraction of sp³-hybridized carbons (Fsp3) is 0.647. The number of unbranched alkanes of at least 4 members (excludes halogenated alkanes) is 12. The molecule has 0 aliphatic heterocycles. The third-order valence-corrected chi connectivity index (χ3v) is 11.4. The van der Waals surface area contributed by atoms with Gasteiger partial charge in [0.2, 0.25) is 6.29 Å². The van der Waals surface area contributed by atoms with Gasteiger partial charge in [-0.15, -0.1) is 0 Å². The van der Waals surface area contributed by atoms with E-state index in [4.69, 9.17) is 25.8 Å². The summed E-state index contributed by atoms with van der Waals surface area (Å²) >= 11 is 6.67. The molecule has 0 aliphatic rings. The van der Waals surface area contributed by atoms with Gasteiger partial charge in [0, 0.05) is 19.5 Å². The Bertz CT molecular complexity index is 934. The average molecular weight is 688 g/mol. The van der Waals surface area contributed by atoms with Gasteiger partial charge in [-0.25, -0.2) is 0 Å². The zero-order valence-electron chi connectivity index (χ0n) is 26.7. The Hall–Kier alpha value is -0.417. The summed E-state index contributed by atoms with van der Waals surface area (Å²) in [6.07, 6.45) is 19.2. The number of benzene rings is 2. The van der Waals surface area contributed by atoms with Gasteiger partial charge in [0.05, 0.1) is 0 Å². The van der Waals surface area contributed by atoms with E-state index < -0.39 is 12.0 Å². The summed E-state index contributed by atoms with van der Waals surface area (Å²) in [4.78, 5) is 11.0. The van der Waals surface area contributed by atoms with Gasteiger partial charge in [-0.1, -0.05) is 127 Å². The van der Waals surface area contributed by atoms with Crippen molar-refractivity contribution in [1.29, 1.82) is 0 Å². The molecule has 3 atom stereocenters. The van der Waals surface area contributed by atoms with Gasteiger partial charge in [-0.2, -0.15) is 0 Å². The molecule has 0 bridgehead atoms. The van der Waals surface area contributed by atoms with Crippen LogP contribution in [0.1, 0.15) is 129 Å². The van der Waals surface area contributed by atoms with Crippen LogP contribution in [0, 0.1) is 0 Å². The van der Waals surface area contributed by atoms with Crippen LogP contribution < -0.4 is 9.47 Å². The third kappa shape index (κ3) is 17.8. The van der Waals surface area contributed by atoms with Crippen LogP contribution in [-0.4, -0.2) is 16.6 Å². The van der Waals surface area contributed by atoms with Crippen molar-refractivity contribution in [1.82, 2.24) is 0 Å². The third-order valence-electron chi connectivity index (χ3n) is 7.19. The van der Waals surface area contributed by atoms with Crippen LogP contribution in [0.2, 0.25) is 0 Å². The molecule has 0 heterocycles. The Morgan fingerprint density at radius 2 is 1.07 bits per heavy atom. The van der Waals surface area contributed by atoms with E-state index in [1.54, 1.807) is 6.92 Å². The predicted molar refractivity (Wildman–Crippen MR) is 182 cm³/mol. The fourth-order valence-corrected chi connectivity index (χ4v) is 9.21. The molecule has 0 aromatic heterocycles. The Kier molecular flexibility index (Phi) is 22.5. The fourth-order valence-electron chi connectivity index (χ4n) is 5.00. The number of para-hydroxylation sites is 2. The largest absolute Gasteiger partial charge is 0.479 e. The molecule has 234 valence electrons. The van der Waals surface area contributed by atoms with Crippen LogP contribution in [0.3, 0.4) is 0 Å². The number of hydrogen-bond acceptors (Lipinski definition) is 5. The molecule has 0 fully saturated rings. The smallest absolute Gasteiger partial charge is 0.251 e. The molecule has 0 aliphatic carbocycles. The average Bonchev–Trinajstić information content (AvgIpc) is 2.93. The summed E-state index contributed by atoms with van der Waals surface area (Å²) < 4.78 is 18.2. The van der Waals surface area contributed by atoms with Crippen molar-refractivity contribution in [3.05, 3.63) is 59.7 Å². The Labute approximate surface area is 279 Å². The number of ether oxygens (including phenoxy) is 2. The second-order valence-electron chi connectivity index (χ2n) is 11.0. The molecule has 8 heteroatoms. The minimum atomic E-state index is -3.19. The van der Waals surface area contributed by atoms with Crippen LogP contribution in [-0.2, 0) is 48.7 Å². The molecule has 4 nitrogen and oxygen atoms in total. The van der Waals surface area contributed by atoms with E-state index in [9.17, 15) is 4.89 Å². The van der Waals surface area contributed by atoms with Crippen molar-refractivity contribution >= 4 is 28.9 Å². The molecule has 0 saturated carbocycles. The molecule has 0 radical (unpaired) electrons. The second-order valence-corrected chi connectivity index (χ2v) is 17.3. The zero-order valence-corrected chi connectivity index (χ0v) is 32.2. The van der Waals surface area contributed by atoms with Crippen LogP contribution in [0.4, 0.5) is 0 Å². The maximum absolute atomic E-state index is 11.0. The van der Waals surface area contributed by atoms with Gasteiger partial charge in [-0.3, -0.25) is 4.52 Å². The van der Waals surface area contributed by atoms with E-state index in [0.29, 0.717) is 0 Å². The minimum absolute atomic E-state index is 0. The van der Waals surface area contributed by atoms with Crippen LogP contribution >= 0.6 is 17.1 Å². The molecule has 2 rings (SSSR count). The van der Waals surface area contributed by atoms with Gasteiger partial charge in [-0.05, 0) is 86.0 Å². The van der Waals surface area contributed by atoms with Crippen LogP contribution in [0.25, 0.3) is 0 Å². The quantitative estimate of drug-likeness (QED) is 0.0513. The molecular weight excluding hydrogens is 633 g/mol. The van der Waals surface area contributed by atoms with Crippen LogP contribution in [0.15, 0.2) is 48.5 Å². The summed E-state index contributed by atoms with van der Waals surface area (Å²) in [5.74, 6) is 1.66. The first kappa shape index (κ1) is 39.6. The van der Waals surface area contributed by atoms with E-state index in [-0.39, 0.29) is 24.9 Å². The van der Waals surface area contributed by atoms with E-state index in [2.05, 4.69) is 32.0 Å². The van der Waals surface area contributed by atoms with Crippen LogP contribution in [0.5, 0.6) is 11.5 Å². The molecule has 1 N–H and O–H groups in total. The SMILES string of the molecule is CCCCCCCCCc1ccccc1OC(C)OP(O)(=S)SC(C)Oc1ccccc1CCCCCCCCC.[Zn]. The van der Waals surface area contributed by atoms with E-state index in [1.165, 1.54) is 99.6 Å². The molecular formula is C34H55O4PS2Zn. The summed E-state index contributed by atoms with van der Waals surface area (Å²) in [6, 6.07) is 16.3. The maximum atomic E-state index is 11.0. The summed E-state index contributed by atoms with van der Waals surface area (Å²) in [7, 11) is 0. The Morgan fingerprint density at radius 1 is 0.667 bits per heavy atom. The van der Waals surface area contributed by atoms with E-state index >= 15 is 0 Å². The Balaban J connectivity index is 0.00000882. The second kappa shape index (κ2) is 23.9. The first-order valence-corrected chi connectivity index (χ1v) is 20.2. The van der Waals surface area contributed by atoms with Crippen molar-refractivity contribution in [3.8, 4) is 11.5 Å². The molecule has 2 aromatic carbocycles. The topological polar surface area (TPSA) is 47.9 Å². The van der Waals surface area contributed by atoms with E-state index in [0.717, 1.165) is 37.2 Å². The molecule has 42 heavy (non-hydrogen) atoms.